The molecule has 0 saturated carbocycles. The van der Waals surface area contributed by atoms with Crippen molar-refractivity contribution in [2.24, 2.45) is 7.05 Å². The molecular weight excluding hydrogens is 707 g/mol. The average Bonchev–Trinajstić information content (AvgIpc) is 3.57. The fraction of sp³-hybridized carbons (Fsp3) is 0.429. The van der Waals surface area contributed by atoms with Gasteiger partial charge >= 0.3 is 18.2 Å². The summed E-state index contributed by atoms with van der Waals surface area (Å²) < 4.78 is 36.5. The summed E-state index contributed by atoms with van der Waals surface area (Å²) in [4.78, 5) is 40.3. The van der Waals surface area contributed by atoms with Crippen LogP contribution in [0.3, 0.4) is 0 Å². The van der Waals surface area contributed by atoms with Crippen LogP contribution in [0.1, 0.15) is 88.2 Å². The van der Waals surface area contributed by atoms with Gasteiger partial charge in [-0.25, -0.2) is 23.7 Å². The summed E-state index contributed by atoms with van der Waals surface area (Å²) in [6.07, 6.45) is -0.399. The summed E-state index contributed by atoms with van der Waals surface area (Å²) in [5, 5.41) is 28.0. The molecule has 3 aromatic carbocycles. The minimum atomic E-state index is -1.19. The monoisotopic (exact) mass is 758 g/mol. The van der Waals surface area contributed by atoms with Crippen molar-refractivity contribution < 1.29 is 43.2 Å². The molecule has 2 N–H and O–H groups in total. The molecule has 0 bridgehead atoms. The van der Waals surface area contributed by atoms with Crippen molar-refractivity contribution in [2.45, 2.75) is 98.5 Å². The zero-order valence-corrected chi connectivity index (χ0v) is 32.9. The number of benzene rings is 3. The lowest BCUT2D eigenvalue weighted by Crippen LogP contribution is -2.44. The maximum Gasteiger partial charge on any atom is 0.419 e. The van der Waals surface area contributed by atoms with Crippen LogP contribution >= 0.6 is 0 Å². The van der Waals surface area contributed by atoms with Gasteiger partial charge in [0.1, 0.15) is 28.5 Å². The van der Waals surface area contributed by atoms with Crippen LogP contribution < -0.4 is 4.74 Å². The number of rotatable bonds is 13. The van der Waals surface area contributed by atoms with E-state index in [4.69, 9.17) is 14.2 Å². The molecular formula is C42H51FN4O8. The number of hydrogen-bond donors (Lipinski definition) is 2. The van der Waals surface area contributed by atoms with Crippen LogP contribution in [0.2, 0.25) is 0 Å². The van der Waals surface area contributed by atoms with Crippen LogP contribution in [0.4, 0.5) is 14.0 Å². The molecule has 0 radical (unpaired) electrons. The second kappa shape index (κ2) is 16.5. The number of carbonyl (C=O) groups is 3. The van der Waals surface area contributed by atoms with Gasteiger partial charge in [-0.05, 0) is 103 Å². The number of carboxylic acids is 1. The van der Waals surface area contributed by atoms with Crippen molar-refractivity contribution in [3.63, 3.8) is 0 Å². The topological polar surface area (TPSA) is 145 Å². The second-order valence-electron chi connectivity index (χ2n) is 15.5. The molecule has 5 rings (SSSR count). The predicted octanol–water partition coefficient (Wildman–Crippen LogP) is 8.80. The lowest BCUT2D eigenvalue weighted by Gasteiger charge is -2.28. The van der Waals surface area contributed by atoms with E-state index in [9.17, 15) is 24.6 Å². The Labute approximate surface area is 320 Å². The Kier molecular flexibility index (Phi) is 12.2. The highest BCUT2D eigenvalue weighted by atomic mass is 19.1. The first-order valence-electron chi connectivity index (χ1n) is 18.5. The highest BCUT2D eigenvalue weighted by molar-refractivity contribution is 6.04. The number of aromatic nitrogens is 3. The first-order valence-corrected chi connectivity index (χ1v) is 18.5. The summed E-state index contributed by atoms with van der Waals surface area (Å²) >= 11 is 0. The van der Waals surface area contributed by atoms with Gasteiger partial charge in [-0.2, -0.15) is 5.10 Å². The number of aryl methyl sites for hydroxylation is 3. The van der Waals surface area contributed by atoms with E-state index in [0.717, 1.165) is 21.4 Å². The zero-order valence-electron chi connectivity index (χ0n) is 32.9. The summed E-state index contributed by atoms with van der Waals surface area (Å²) in [5.41, 5.74) is 0.495. The van der Waals surface area contributed by atoms with E-state index in [2.05, 4.69) is 5.10 Å². The third-order valence-corrected chi connectivity index (χ3v) is 9.11. The maximum atomic E-state index is 16.2. The lowest BCUT2D eigenvalue weighted by molar-refractivity contribution is 0.00113. The number of aliphatic hydroxyl groups is 1. The number of fused-ring (bicyclic) bond motifs is 2. The van der Waals surface area contributed by atoms with E-state index in [1.165, 1.54) is 6.07 Å². The molecule has 55 heavy (non-hydrogen) atoms. The zero-order chi connectivity index (χ0) is 40.2. The number of nitrogens with zero attached hydrogens (tertiary/aromatic N) is 4. The van der Waals surface area contributed by atoms with Crippen molar-refractivity contribution in [3.8, 4) is 16.9 Å². The van der Waals surface area contributed by atoms with Crippen molar-refractivity contribution >= 4 is 39.8 Å². The molecule has 0 aliphatic carbocycles. The number of carboxylic acid groups (broad SMARTS) is 1. The van der Waals surface area contributed by atoms with Gasteiger partial charge in [0.2, 0.25) is 0 Å². The Morgan fingerprint density at radius 3 is 2.15 bits per heavy atom. The predicted molar refractivity (Wildman–Crippen MR) is 208 cm³/mol. The van der Waals surface area contributed by atoms with Crippen LogP contribution in [-0.4, -0.2) is 72.0 Å². The first kappa shape index (κ1) is 40.7. The third-order valence-electron chi connectivity index (χ3n) is 9.11. The van der Waals surface area contributed by atoms with Gasteiger partial charge in [0.15, 0.2) is 0 Å². The highest BCUT2D eigenvalue weighted by Crippen LogP contribution is 2.40. The van der Waals surface area contributed by atoms with E-state index in [1.54, 1.807) is 70.8 Å². The summed E-state index contributed by atoms with van der Waals surface area (Å²) in [6.45, 7) is 11.8. The van der Waals surface area contributed by atoms with E-state index < -0.39 is 41.8 Å². The van der Waals surface area contributed by atoms with Gasteiger partial charge in [0.05, 0.1) is 24.4 Å². The average molecular weight is 759 g/mol. The first-order chi connectivity index (χ1) is 25.9. The molecule has 0 spiro atoms. The highest BCUT2D eigenvalue weighted by Gasteiger charge is 2.32. The van der Waals surface area contributed by atoms with Crippen LogP contribution in [0.25, 0.3) is 32.8 Å². The normalized spacial score (nSPS) is 12.0. The lowest BCUT2D eigenvalue weighted by atomic mass is 9.97. The number of amides is 2. The number of hydrogen-bond acceptors (Lipinski definition) is 8. The molecule has 0 aliphatic heterocycles. The fourth-order valence-electron chi connectivity index (χ4n) is 6.75. The van der Waals surface area contributed by atoms with Crippen molar-refractivity contribution in [3.05, 3.63) is 83.1 Å². The van der Waals surface area contributed by atoms with Crippen LogP contribution in [0, 0.1) is 12.7 Å². The SMILES string of the molecule is Cc1c(-c2c(F)ccc3c(CCCOc4cccc5ccccc45)c(C(=O)O)n(CCCCN(C(=O)OC(C)(C)C)C(=O)OC(C)(C)C)c23)c(CO)nn1C. The third kappa shape index (κ3) is 9.27. The van der Waals surface area contributed by atoms with E-state index in [1.807, 2.05) is 42.5 Å². The fourth-order valence-corrected chi connectivity index (χ4v) is 6.75. The van der Waals surface area contributed by atoms with Gasteiger partial charge in [-0.15, -0.1) is 0 Å². The molecule has 2 amide bonds. The van der Waals surface area contributed by atoms with E-state index in [0.29, 0.717) is 53.6 Å². The number of aromatic carboxylic acids is 1. The Hall–Kier alpha value is -5.43. The van der Waals surface area contributed by atoms with Crippen molar-refractivity contribution in [2.75, 3.05) is 13.2 Å². The van der Waals surface area contributed by atoms with Gasteiger partial charge in [0.25, 0.3) is 0 Å². The quantitative estimate of drug-likeness (QED) is 0.113. The van der Waals surface area contributed by atoms with E-state index in [-0.39, 0.29) is 36.5 Å². The number of carbonyl (C=O) groups excluding carboxylic acids is 2. The Balaban J connectivity index is 1.51. The van der Waals surface area contributed by atoms with Crippen molar-refractivity contribution in [1.29, 1.82) is 0 Å². The molecule has 13 heteroatoms. The van der Waals surface area contributed by atoms with Gasteiger partial charge in [-0.3, -0.25) is 4.68 Å². The van der Waals surface area contributed by atoms with Gasteiger partial charge in [0, 0.05) is 47.7 Å². The molecule has 5 aromatic rings. The number of halogens is 1. The molecule has 0 saturated heterocycles. The molecule has 0 fully saturated rings. The smallest absolute Gasteiger partial charge is 0.419 e. The minimum Gasteiger partial charge on any atom is -0.493 e. The van der Waals surface area contributed by atoms with E-state index >= 15 is 4.39 Å². The minimum absolute atomic E-state index is 0.00440. The van der Waals surface area contributed by atoms with Crippen LogP contribution in [0.15, 0.2) is 54.6 Å². The number of unbranched alkanes of at least 4 members (excludes halogenated alkanes) is 1. The summed E-state index contributed by atoms with van der Waals surface area (Å²) in [6, 6.07) is 16.6. The molecule has 0 aliphatic rings. The summed E-state index contributed by atoms with van der Waals surface area (Å²) in [7, 11) is 1.69. The molecule has 2 aromatic heterocycles. The molecule has 0 unspecified atom stereocenters. The standard InChI is InChI=1S/C42H51FN4O8/c1-26-34(32(25-48)44-45(26)8)35-31(43)21-20-30-29(18-14-24-53-33-19-13-16-27-15-9-10-17-28(27)33)37(38(49)50)46(36(30)35)22-11-12-23-47(39(51)54-41(2,3)4)40(52)55-42(5,6)7/h9-10,13,15-17,19-21,48H,11-12,14,18,22-25H2,1-8H3,(H,49,50). The molecule has 294 valence electrons. The molecule has 12 nitrogen and oxygen atoms in total. The van der Waals surface area contributed by atoms with Crippen LogP contribution in [-0.2, 0) is 36.1 Å². The van der Waals surface area contributed by atoms with Gasteiger partial charge in [-0.1, -0.05) is 36.4 Å². The molecule has 0 atom stereocenters. The Morgan fingerprint density at radius 2 is 1.51 bits per heavy atom. The summed E-state index contributed by atoms with van der Waals surface area (Å²) in [5.74, 6) is -1.07. The largest absolute Gasteiger partial charge is 0.493 e. The number of aliphatic hydroxyl groups excluding tert-OH is 1. The van der Waals surface area contributed by atoms with Crippen molar-refractivity contribution in [1.82, 2.24) is 19.2 Å². The molecule has 2 heterocycles. The maximum absolute atomic E-state index is 16.2. The Bertz CT molecular complexity index is 2180. The number of imide groups is 1. The van der Waals surface area contributed by atoms with Crippen LogP contribution in [0.5, 0.6) is 5.75 Å². The number of ether oxygens (including phenoxy) is 3. The Morgan fingerprint density at radius 1 is 0.855 bits per heavy atom. The van der Waals surface area contributed by atoms with Gasteiger partial charge < -0.3 is 29.0 Å². The second-order valence-corrected chi connectivity index (χ2v) is 15.5.